The second-order valence-corrected chi connectivity index (χ2v) is 5.66. The minimum atomic E-state index is -0.446. The molecule has 4 rings (SSSR count). The summed E-state index contributed by atoms with van der Waals surface area (Å²) in [4.78, 5) is 10.4. The Morgan fingerprint density at radius 2 is 1.88 bits per heavy atom. The number of non-ortho nitro benzene ring substituents is 1. The predicted octanol–water partition coefficient (Wildman–Crippen LogP) is 2.02. The molecule has 0 amide bonds. The zero-order valence-electron chi connectivity index (χ0n) is 13.5. The van der Waals surface area contributed by atoms with Crippen LogP contribution in [0.15, 0.2) is 51.7 Å². The highest BCUT2D eigenvalue weighted by Gasteiger charge is 2.23. The molecule has 0 radical (unpaired) electrons. The van der Waals surface area contributed by atoms with Crippen molar-refractivity contribution in [3.8, 4) is 11.5 Å². The molecule has 2 aliphatic rings. The number of hydrogen-bond donors (Lipinski definition) is 1. The fourth-order valence-corrected chi connectivity index (χ4v) is 2.86. The summed E-state index contributed by atoms with van der Waals surface area (Å²) in [6, 6.07) is 9.87. The Labute approximate surface area is 147 Å². The van der Waals surface area contributed by atoms with Crippen molar-refractivity contribution in [3.63, 3.8) is 0 Å². The van der Waals surface area contributed by atoms with Crippen LogP contribution in [0.1, 0.15) is 16.7 Å². The van der Waals surface area contributed by atoms with Gasteiger partial charge in [-0.15, -0.1) is 5.10 Å². The number of hydrazone groups is 1. The normalized spacial score (nSPS) is 15.2. The summed E-state index contributed by atoms with van der Waals surface area (Å²) in [5, 5.41) is 22.9. The highest BCUT2D eigenvalue weighted by molar-refractivity contribution is 6.32. The number of nitro groups is 1. The molecule has 0 fully saturated rings. The number of hydrogen-bond acceptors (Lipinski definition) is 8. The van der Waals surface area contributed by atoms with Gasteiger partial charge in [0.15, 0.2) is 11.5 Å². The Morgan fingerprint density at radius 3 is 2.58 bits per heavy atom. The van der Waals surface area contributed by atoms with Crippen LogP contribution in [0.2, 0.25) is 0 Å². The maximum absolute atomic E-state index is 10.9. The van der Waals surface area contributed by atoms with Crippen molar-refractivity contribution in [2.24, 2.45) is 21.1 Å². The maximum Gasteiger partial charge on any atom is 0.269 e. The van der Waals surface area contributed by atoms with Gasteiger partial charge >= 0.3 is 0 Å². The zero-order chi connectivity index (χ0) is 18.1. The minimum absolute atomic E-state index is 0.00772. The third-order valence-electron chi connectivity index (χ3n) is 4.08. The average Bonchev–Trinajstić information content (AvgIpc) is 3.02. The van der Waals surface area contributed by atoms with Crippen molar-refractivity contribution >= 4 is 23.3 Å². The van der Waals surface area contributed by atoms with Crippen LogP contribution >= 0.6 is 0 Å². The lowest BCUT2D eigenvalue weighted by molar-refractivity contribution is -0.384. The molecule has 0 aromatic heterocycles. The van der Waals surface area contributed by atoms with E-state index in [1.807, 2.05) is 12.1 Å². The molecule has 0 spiro atoms. The van der Waals surface area contributed by atoms with E-state index in [2.05, 4.69) is 15.3 Å². The molecule has 0 bridgehead atoms. The fraction of sp³-hybridized carbons (Fsp3) is 0.118. The number of ether oxygens (including phenoxy) is 2. The monoisotopic (exact) mass is 351 g/mol. The lowest BCUT2D eigenvalue weighted by atomic mass is 9.94. The van der Waals surface area contributed by atoms with Crippen molar-refractivity contribution in [2.45, 2.75) is 6.42 Å². The summed E-state index contributed by atoms with van der Waals surface area (Å²) < 4.78 is 10.9. The van der Waals surface area contributed by atoms with Gasteiger partial charge in [0.1, 0.15) is 5.71 Å². The van der Waals surface area contributed by atoms with Crippen molar-refractivity contribution < 1.29 is 14.4 Å². The van der Waals surface area contributed by atoms with E-state index >= 15 is 0 Å². The van der Waals surface area contributed by atoms with Crippen LogP contribution < -0.4 is 15.3 Å². The Kier molecular flexibility index (Phi) is 3.81. The van der Waals surface area contributed by atoms with E-state index in [1.165, 1.54) is 18.3 Å². The van der Waals surface area contributed by atoms with E-state index in [-0.39, 0.29) is 12.5 Å². The molecule has 130 valence electrons. The van der Waals surface area contributed by atoms with Gasteiger partial charge in [0, 0.05) is 29.7 Å². The molecule has 0 saturated heterocycles. The summed E-state index contributed by atoms with van der Waals surface area (Å²) >= 11 is 0. The molecule has 2 aromatic carbocycles. The second kappa shape index (κ2) is 6.28. The molecule has 2 aliphatic heterocycles. The lowest BCUT2D eigenvalue weighted by Crippen LogP contribution is -2.09. The van der Waals surface area contributed by atoms with Crippen molar-refractivity contribution in [1.29, 1.82) is 0 Å². The standard InChI is InChI=1S/C17H13N5O4/c18-19-8-12-5-11-6-15-16(26-9-25-15)7-14(11)17(21-20-12)10-1-3-13(4-2-10)22(23)24/h1-4,6-8H,5,9,18H2. The first kappa shape index (κ1) is 15.8. The quantitative estimate of drug-likeness (QED) is 0.392. The first-order valence-corrected chi connectivity index (χ1v) is 7.71. The molecule has 9 heteroatoms. The summed E-state index contributed by atoms with van der Waals surface area (Å²) in [6.07, 6.45) is 1.91. The van der Waals surface area contributed by atoms with Crippen LogP contribution in [0.3, 0.4) is 0 Å². The first-order chi connectivity index (χ1) is 12.7. The minimum Gasteiger partial charge on any atom is -0.454 e. The van der Waals surface area contributed by atoms with E-state index in [0.717, 1.165) is 11.1 Å². The number of rotatable bonds is 3. The largest absolute Gasteiger partial charge is 0.454 e. The smallest absolute Gasteiger partial charge is 0.269 e. The van der Waals surface area contributed by atoms with Gasteiger partial charge in [-0.05, 0) is 29.8 Å². The zero-order valence-corrected chi connectivity index (χ0v) is 13.5. The molecule has 26 heavy (non-hydrogen) atoms. The van der Waals surface area contributed by atoms with Crippen LogP contribution in [-0.4, -0.2) is 29.4 Å². The molecule has 2 heterocycles. The van der Waals surface area contributed by atoms with Crippen molar-refractivity contribution in [3.05, 3.63) is 63.2 Å². The van der Waals surface area contributed by atoms with Crippen molar-refractivity contribution in [2.75, 3.05) is 6.79 Å². The van der Waals surface area contributed by atoms with E-state index in [1.54, 1.807) is 12.1 Å². The molecule has 0 unspecified atom stereocenters. The molecule has 2 aromatic rings. The number of nitrogens with two attached hydrogens (primary N) is 1. The Morgan fingerprint density at radius 1 is 1.15 bits per heavy atom. The van der Waals surface area contributed by atoms with Gasteiger partial charge in [-0.3, -0.25) is 10.1 Å². The van der Waals surface area contributed by atoms with Gasteiger partial charge in [0.2, 0.25) is 6.79 Å². The SMILES string of the molecule is NN=CC1=NN=C(c2ccc([N+](=O)[O-])cc2)c2cc3c(cc2C1)OCO3. The van der Waals surface area contributed by atoms with Crippen LogP contribution in [-0.2, 0) is 6.42 Å². The Balaban J connectivity index is 1.85. The number of fused-ring (bicyclic) bond motifs is 2. The summed E-state index contributed by atoms with van der Waals surface area (Å²) in [6.45, 7) is 0.160. The second-order valence-electron chi connectivity index (χ2n) is 5.66. The summed E-state index contributed by atoms with van der Waals surface area (Å²) in [7, 11) is 0. The first-order valence-electron chi connectivity index (χ1n) is 7.71. The third-order valence-corrected chi connectivity index (χ3v) is 4.08. The van der Waals surface area contributed by atoms with Crippen LogP contribution in [0.5, 0.6) is 11.5 Å². The highest BCUT2D eigenvalue weighted by Crippen LogP contribution is 2.36. The van der Waals surface area contributed by atoms with Gasteiger partial charge in [-0.2, -0.15) is 10.2 Å². The summed E-state index contributed by atoms with van der Waals surface area (Å²) in [5.74, 6) is 6.51. The van der Waals surface area contributed by atoms with E-state index in [0.29, 0.717) is 34.9 Å². The predicted molar refractivity (Wildman–Crippen MR) is 95.1 cm³/mol. The van der Waals surface area contributed by atoms with Gasteiger partial charge in [-0.1, -0.05) is 0 Å². The molecular formula is C17H13N5O4. The van der Waals surface area contributed by atoms with Crippen LogP contribution in [0.4, 0.5) is 5.69 Å². The number of nitrogens with zero attached hydrogens (tertiary/aromatic N) is 4. The van der Waals surface area contributed by atoms with E-state index in [9.17, 15) is 10.1 Å². The summed E-state index contributed by atoms with van der Waals surface area (Å²) in [5.41, 5.74) is 3.60. The topological polar surface area (TPSA) is 125 Å². The third kappa shape index (κ3) is 2.75. The van der Waals surface area contributed by atoms with Gasteiger partial charge in [-0.25, -0.2) is 0 Å². The fourth-order valence-electron chi connectivity index (χ4n) is 2.86. The van der Waals surface area contributed by atoms with E-state index < -0.39 is 4.92 Å². The van der Waals surface area contributed by atoms with Gasteiger partial charge in [0.05, 0.1) is 16.8 Å². The maximum atomic E-state index is 10.9. The average molecular weight is 351 g/mol. The van der Waals surface area contributed by atoms with Crippen molar-refractivity contribution in [1.82, 2.24) is 0 Å². The van der Waals surface area contributed by atoms with Crippen LogP contribution in [0, 0.1) is 10.1 Å². The highest BCUT2D eigenvalue weighted by atomic mass is 16.7. The molecule has 2 N–H and O–H groups in total. The molecule has 0 saturated carbocycles. The Hall–Kier alpha value is -3.75. The molecule has 0 atom stereocenters. The van der Waals surface area contributed by atoms with Gasteiger partial charge < -0.3 is 15.3 Å². The van der Waals surface area contributed by atoms with E-state index in [4.69, 9.17) is 15.3 Å². The lowest BCUT2D eigenvalue weighted by Gasteiger charge is -2.10. The molecule has 0 aliphatic carbocycles. The molecule has 9 nitrogen and oxygen atoms in total. The number of nitro benzene ring substituents is 1. The number of benzene rings is 2. The van der Waals surface area contributed by atoms with Crippen LogP contribution in [0.25, 0.3) is 0 Å². The Bertz CT molecular complexity index is 979. The molecular weight excluding hydrogens is 338 g/mol. The van der Waals surface area contributed by atoms with Gasteiger partial charge in [0.25, 0.3) is 5.69 Å².